The van der Waals surface area contributed by atoms with E-state index in [0.717, 1.165) is 25.7 Å². The molecule has 0 unspecified atom stereocenters. The molecule has 0 saturated heterocycles. The molecule has 0 spiro atoms. The van der Waals surface area contributed by atoms with Gasteiger partial charge in [-0.3, -0.25) is 5.32 Å². The molecule has 2 heteroatoms. The molecule has 0 bridgehead atoms. The molecule has 0 heterocycles. The van der Waals surface area contributed by atoms with E-state index in [0.29, 0.717) is 12.1 Å². The van der Waals surface area contributed by atoms with Gasteiger partial charge in [0, 0.05) is 13.2 Å². The highest BCUT2D eigenvalue weighted by Gasteiger charge is 2.38. The van der Waals surface area contributed by atoms with Gasteiger partial charge in [-0.15, -0.1) is 0 Å². The van der Waals surface area contributed by atoms with Crippen LogP contribution < -0.4 is 5.32 Å². The van der Waals surface area contributed by atoms with Crippen molar-refractivity contribution in [2.24, 2.45) is 0 Å². The molecule has 0 radical (unpaired) electrons. The Bertz CT molecular complexity index is 743. The summed E-state index contributed by atoms with van der Waals surface area (Å²) in [6.45, 7) is 0. The summed E-state index contributed by atoms with van der Waals surface area (Å²) in [5.41, 5.74) is 3.47. The molecule has 0 atom stereocenters. The average Bonchev–Trinajstić information content (AvgIpc) is 2.80. The molecule has 1 aliphatic rings. The molecule has 3 aromatic rings. The Morgan fingerprint density at radius 2 is 1.04 bits per heavy atom. The molecule has 4 rings (SSSR count). The van der Waals surface area contributed by atoms with Crippen LogP contribution in [0.4, 0.5) is 0 Å². The lowest BCUT2D eigenvalue weighted by Crippen LogP contribution is -2.51. The minimum atomic E-state index is -0.367. The topological polar surface area (TPSA) is 21.3 Å². The maximum absolute atomic E-state index is 5.60. The summed E-state index contributed by atoms with van der Waals surface area (Å²) >= 11 is 0. The zero-order chi connectivity index (χ0) is 19.2. The zero-order valence-corrected chi connectivity index (χ0v) is 16.6. The summed E-state index contributed by atoms with van der Waals surface area (Å²) in [4.78, 5) is 0. The van der Waals surface area contributed by atoms with Gasteiger partial charge in [0.15, 0.2) is 0 Å². The summed E-state index contributed by atoms with van der Waals surface area (Å²) in [6, 6.07) is 33.0. The van der Waals surface area contributed by atoms with E-state index in [-0.39, 0.29) is 5.54 Å². The second-order valence-corrected chi connectivity index (χ2v) is 7.70. The molecule has 1 saturated carbocycles. The first-order valence-corrected chi connectivity index (χ1v) is 10.3. The van der Waals surface area contributed by atoms with Crippen molar-refractivity contribution in [3.63, 3.8) is 0 Å². The highest BCUT2D eigenvalue weighted by Crippen LogP contribution is 2.38. The number of rotatable bonds is 6. The summed E-state index contributed by atoms with van der Waals surface area (Å²) in [7, 11) is 1.83. The van der Waals surface area contributed by atoms with Gasteiger partial charge < -0.3 is 4.74 Å². The normalized spacial score (nSPS) is 20.0. The van der Waals surface area contributed by atoms with E-state index in [1.165, 1.54) is 16.7 Å². The van der Waals surface area contributed by atoms with Gasteiger partial charge in [-0.2, -0.15) is 0 Å². The van der Waals surface area contributed by atoms with Crippen molar-refractivity contribution < 1.29 is 4.74 Å². The Kier molecular flexibility index (Phi) is 5.90. The molecule has 1 aliphatic carbocycles. The molecule has 28 heavy (non-hydrogen) atoms. The Morgan fingerprint density at radius 1 is 0.643 bits per heavy atom. The third-order valence-corrected chi connectivity index (χ3v) is 6.05. The minimum absolute atomic E-state index is 0.367. The first kappa shape index (κ1) is 18.9. The number of methoxy groups -OCH3 is 1. The Morgan fingerprint density at radius 3 is 1.39 bits per heavy atom. The smallest absolute Gasteiger partial charge is 0.0950 e. The predicted molar refractivity (Wildman–Crippen MR) is 115 cm³/mol. The Balaban J connectivity index is 1.82. The van der Waals surface area contributed by atoms with Gasteiger partial charge in [0.1, 0.15) is 0 Å². The van der Waals surface area contributed by atoms with Crippen LogP contribution in [-0.2, 0) is 10.3 Å². The molecule has 144 valence electrons. The van der Waals surface area contributed by atoms with E-state index < -0.39 is 0 Å². The lowest BCUT2D eigenvalue weighted by atomic mass is 9.75. The summed E-state index contributed by atoms with van der Waals surface area (Å²) in [5, 5.41) is 4.11. The maximum atomic E-state index is 5.60. The van der Waals surface area contributed by atoms with Crippen molar-refractivity contribution in [3.05, 3.63) is 108 Å². The van der Waals surface area contributed by atoms with Crippen LogP contribution in [0.2, 0.25) is 0 Å². The third-order valence-electron chi connectivity index (χ3n) is 6.05. The van der Waals surface area contributed by atoms with Crippen molar-refractivity contribution >= 4 is 0 Å². The van der Waals surface area contributed by atoms with Gasteiger partial charge >= 0.3 is 0 Å². The average molecular weight is 372 g/mol. The second-order valence-electron chi connectivity index (χ2n) is 7.70. The van der Waals surface area contributed by atoms with Gasteiger partial charge in [0.25, 0.3) is 0 Å². The molecular weight excluding hydrogens is 342 g/mol. The van der Waals surface area contributed by atoms with Gasteiger partial charge in [-0.1, -0.05) is 91.0 Å². The van der Waals surface area contributed by atoms with Crippen LogP contribution in [0.1, 0.15) is 42.4 Å². The second kappa shape index (κ2) is 8.72. The third kappa shape index (κ3) is 3.76. The van der Waals surface area contributed by atoms with E-state index in [2.05, 4.69) is 96.3 Å². The lowest BCUT2D eigenvalue weighted by Gasteiger charge is -2.42. The van der Waals surface area contributed by atoms with Crippen LogP contribution in [0.25, 0.3) is 0 Å². The van der Waals surface area contributed by atoms with Crippen molar-refractivity contribution in [1.82, 2.24) is 5.32 Å². The molecule has 2 nitrogen and oxygen atoms in total. The number of nitrogens with one attached hydrogen (secondary N) is 1. The fraction of sp³-hybridized carbons (Fsp3) is 0.308. The van der Waals surface area contributed by atoms with Crippen molar-refractivity contribution in [2.75, 3.05) is 7.11 Å². The molecule has 1 N–H and O–H groups in total. The first-order chi connectivity index (χ1) is 13.8. The van der Waals surface area contributed by atoms with E-state index in [1.54, 1.807) is 0 Å². The molecule has 1 fully saturated rings. The molecule has 3 aromatic carbocycles. The zero-order valence-electron chi connectivity index (χ0n) is 16.6. The quantitative estimate of drug-likeness (QED) is 0.576. The fourth-order valence-corrected chi connectivity index (χ4v) is 4.56. The highest BCUT2D eigenvalue weighted by molar-refractivity contribution is 5.49. The summed E-state index contributed by atoms with van der Waals surface area (Å²) in [5.74, 6) is 0. The highest BCUT2D eigenvalue weighted by atomic mass is 16.5. The van der Waals surface area contributed by atoms with Gasteiger partial charge in [-0.25, -0.2) is 0 Å². The fourth-order valence-electron chi connectivity index (χ4n) is 4.56. The van der Waals surface area contributed by atoms with Crippen LogP contribution in [0.3, 0.4) is 0 Å². The monoisotopic (exact) mass is 371 g/mol. The number of hydrogen-bond donors (Lipinski definition) is 1. The number of ether oxygens (including phenoxy) is 1. The lowest BCUT2D eigenvalue weighted by molar-refractivity contribution is 0.0600. The van der Waals surface area contributed by atoms with Gasteiger partial charge in [-0.05, 0) is 42.4 Å². The summed E-state index contributed by atoms with van der Waals surface area (Å²) < 4.78 is 5.60. The first-order valence-electron chi connectivity index (χ1n) is 10.3. The van der Waals surface area contributed by atoms with Crippen LogP contribution in [-0.4, -0.2) is 19.3 Å². The van der Waals surface area contributed by atoms with Crippen LogP contribution >= 0.6 is 0 Å². The largest absolute Gasteiger partial charge is 0.381 e. The van der Waals surface area contributed by atoms with Crippen LogP contribution in [0.15, 0.2) is 91.0 Å². The van der Waals surface area contributed by atoms with Crippen molar-refractivity contribution in [2.45, 2.75) is 43.4 Å². The maximum Gasteiger partial charge on any atom is 0.0950 e. The molecule has 0 aromatic heterocycles. The SMILES string of the molecule is COC1CCC(NC(c2ccccc2)(c2ccccc2)c2ccccc2)CC1. The van der Waals surface area contributed by atoms with Crippen LogP contribution in [0.5, 0.6) is 0 Å². The Labute approximate surface area is 168 Å². The molecular formula is C26H29NO. The van der Waals surface area contributed by atoms with Gasteiger partial charge in [0.05, 0.1) is 11.6 Å². The van der Waals surface area contributed by atoms with Crippen molar-refractivity contribution in [3.8, 4) is 0 Å². The van der Waals surface area contributed by atoms with E-state index in [9.17, 15) is 0 Å². The molecule has 0 amide bonds. The molecule has 0 aliphatic heterocycles. The Hall–Kier alpha value is -2.42. The number of benzene rings is 3. The van der Waals surface area contributed by atoms with E-state index >= 15 is 0 Å². The summed E-state index contributed by atoms with van der Waals surface area (Å²) in [6.07, 6.45) is 4.89. The predicted octanol–water partition coefficient (Wildman–Crippen LogP) is 5.53. The van der Waals surface area contributed by atoms with Gasteiger partial charge in [0.2, 0.25) is 0 Å². The standard InChI is InChI=1S/C26H29NO/c1-28-25-19-17-24(18-20-25)27-26(21-11-5-2-6-12-21,22-13-7-3-8-14-22)23-15-9-4-10-16-23/h2-16,24-25,27H,17-20H2,1H3. The van der Waals surface area contributed by atoms with E-state index in [4.69, 9.17) is 4.74 Å². The minimum Gasteiger partial charge on any atom is -0.381 e. The number of hydrogen-bond acceptors (Lipinski definition) is 2. The van der Waals surface area contributed by atoms with Crippen molar-refractivity contribution in [1.29, 1.82) is 0 Å². The van der Waals surface area contributed by atoms with Crippen LogP contribution in [0, 0.1) is 0 Å². The van der Waals surface area contributed by atoms with E-state index in [1.807, 2.05) is 7.11 Å².